The Morgan fingerprint density at radius 3 is 2.41 bits per heavy atom. The van der Waals surface area contributed by atoms with Crippen LogP contribution in [-0.4, -0.2) is 17.6 Å². The summed E-state index contributed by atoms with van der Waals surface area (Å²) in [5, 5.41) is 4.77. The number of aromatic nitrogens is 1. The molecule has 0 amide bonds. The molecule has 1 aromatic rings. The van der Waals surface area contributed by atoms with E-state index in [2.05, 4.69) is 51.8 Å². The molecule has 0 atom stereocenters. The summed E-state index contributed by atoms with van der Waals surface area (Å²) in [6, 6.07) is 0.579. The first kappa shape index (κ1) is 14.7. The van der Waals surface area contributed by atoms with Gasteiger partial charge in [0.15, 0.2) is 0 Å². The van der Waals surface area contributed by atoms with Gasteiger partial charge in [-0.15, -0.1) is 11.3 Å². The molecule has 0 aromatic carbocycles. The molecule has 17 heavy (non-hydrogen) atoms. The van der Waals surface area contributed by atoms with Gasteiger partial charge < -0.3 is 5.32 Å². The summed E-state index contributed by atoms with van der Waals surface area (Å²) < 4.78 is 0. The third-order valence-corrected chi connectivity index (χ3v) is 4.13. The minimum absolute atomic E-state index is 0.332. The Morgan fingerprint density at radius 2 is 1.94 bits per heavy atom. The Morgan fingerprint density at radius 1 is 1.29 bits per heavy atom. The van der Waals surface area contributed by atoms with Crippen molar-refractivity contribution in [3.63, 3.8) is 0 Å². The summed E-state index contributed by atoms with van der Waals surface area (Å²) in [4.78, 5) is 5.99. The van der Waals surface area contributed by atoms with Gasteiger partial charge >= 0.3 is 0 Å². The van der Waals surface area contributed by atoms with Gasteiger partial charge in [-0.1, -0.05) is 27.7 Å². The molecule has 0 saturated heterocycles. The molecule has 1 heterocycles. The van der Waals surface area contributed by atoms with Crippen molar-refractivity contribution < 1.29 is 0 Å². The molecular formula is C14H26N2S. The molecule has 1 rings (SSSR count). The molecule has 1 aromatic heterocycles. The third kappa shape index (κ3) is 5.17. The standard InChI is InChI=1S/C14H26N2S/c1-10(2)15-8-7-14(5,6)9-13-16-11(3)12(4)17-13/h10,15H,7-9H2,1-6H3. The lowest BCUT2D eigenvalue weighted by Gasteiger charge is -2.24. The molecule has 0 aliphatic carbocycles. The zero-order valence-electron chi connectivity index (χ0n) is 12.1. The quantitative estimate of drug-likeness (QED) is 0.837. The summed E-state index contributed by atoms with van der Waals surface area (Å²) in [6.07, 6.45) is 2.29. The predicted molar refractivity (Wildman–Crippen MR) is 76.8 cm³/mol. The van der Waals surface area contributed by atoms with Crippen molar-refractivity contribution in [1.29, 1.82) is 0 Å². The first-order chi connectivity index (χ1) is 7.80. The lowest BCUT2D eigenvalue weighted by atomic mass is 9.86. The molecule has 0 saturated carbocycles. The van der Waals surface area contributed by atoms with Crippen LogP contribution in [0.2, 0.25) is 0 Å². The van der Waals surface area contributed by atoms with Gasteiger partial charge in [0, 0.05) is 17.3 Å². The lowest BCUT2D eigenvalue weighted by molar-refractivity contribution is 0.320. The maximum absolute atomic E-state index is 4.64. The SMILES string of the molecule is Cc1nc(CC(C)(C)CCNC(C)C)sc1C. The molecule has 3 heteroatoms. The van der Waals surface area contributed by atoms with E-state index in [1.165, 1.54) is 22.0 Å². The van der Waals surface area contributed by atoms with Crippen molar-refractivity contribution in [2.45, 2.75) is 60.4 Å². The van der Waals surface area contributed by atoms with E-state index < -0.39 is 0 Å². The van der Waals surface area contributed by atoms with Crippen molar-refractivity contribution in [3.05, 3.63) is 15.6 Å². The van der Waals surface area contributed by atoms with Crippen LogP contribution in [0.4, 0.5) is 0 Å². The minimum Gasteiger partial charge on any atom is -0.315 e. The van der Waals surface area contributed by atoms with E-state index in [-0.39, 0.29) is 0 Å². The van der Waals surface area contributed by atoms with Gasteiger partial charge in [0.05, 0.1) is 10.7 Å². The van der Waals surface area contributed by atoms with Crippen LogP contribution < -0.4 is 5.32 Å². The van der Waals surface area contributed by atoms with E-state index in [1.54, 1.807) is 0 Å². The van der Waals surface area contributed by atoms with Crippen molar-refractivity contribution >= 4 is 11.3 Å². The van der Waals surface area contributed by atoms with E-state index in [1.807, 2.05) is 11.3 Å². The van der Waals surface area contributed by atoms with Crippen LogP contribution in [0.15, 0.2) is 0 Å². The lowest BCUT2D eigenvalue weighted by Crippen LogP contribution is -2.28. The monoisotopic (exact) mass is 254 g/mol. The topological polar surface area (TPSA) is 24.9 Å². The molecular weight excluding hydrogens is 228 g/mol. The number of thiazole rings is 1. The predicted octanol–water partition coefficient (Wildman–Crippen LogP) is 3.72. The highest BCUT2D eigenvalue weighted by atomic mass is 32.1. The van der Waals surface area contributed by atoms with Crippen LogP contribution in [0.25, 0.3) is 0 Å². The highest BCUT2D eigenvalue weighted by molar-refractivity contribution is 7.11. The number of nitrogens with one attached hydrogen (secondary N) is 1. The second-order valence-corrected chi connectivity index (χ2v) is 7.24. The second-order valence-electron chi connectivity index (χ2n) is 5.95. The Labute approximate surface area is 110 Å². The summed E-state index contributed by atoms with van der Waals surface area (Å²) in [7, 11) is 0. The summed E-state index contributed by atoms with van der Waals surface area (Å²) in [6.45, 7) is 14.4. The zero-order valence-corrected chi connectivity index (χ0v) is 12.9. The fourth-order valence-electron chi connectivity index (χ4n) is 1.81. The molecule has 0 aliphatic rings. The third-order valence-electron chi connectivity index (χ3n) is 3.06. The second kappa shape index (κ2) is 5.96. The van der Waals surface area contributed by atoms with Gasteiger partial charge in [-0.05, 0) is 32.2 Å². The molecule has 0 aliphatic heterocycles. The van der Waals surface area contributed by atoms with Crippen molar-refractivity contribution in [1.82, 2.24) is 10.3 Å². The summed E-state index contributed by atoms with van der Waals surface area (Å²) in [5.74, 6) is 0. The number of hydrogen-bond donors (Lipinski definition) is 1. The van der Waals surface area contributed by atoms with Gasteiger partial charge in [0.2, 0.25) is 0 Å². The van der Waals surface area contributed by atoms with Crippen molar-refractivity contribution in [2.75, 3.05) is 6.54 Å². The Kier molecular flexibility index (Phi) is 5.14. The van der Waals surface area contributed by atoms with Crippen LogP contribution in [0.5, 0.6) is 0 Å². The first-order valence-corrected chi connectivity index (χ1v) is 7.28. The van der Waals surface area contributed by atoms with Crippen LogP contribution in [0, 0.1) is 19.3 Å². The van der Waals surface area contributed by atoms with E-state index in [0.717, 1.165) is 13.0 Å². The molecule has 0 unspecified atom stereocenters. The fraction of sp³-hybridized carbons (Fsp3) is 0.786. The van der Waals surface area contributed by atoms with E-state index in [0.29, 0.717) is 11.5 Å². The molecule has 0 bridgehead atoms. The van der Waals surface area contributed by atoms with Crippen LogP contribution in [-0.2, 0) is 6.42 Å². The summed E-state index contributed by atoms with van der Waals surface area (Å²) >= 11 is 1.85. The van der Waals surface area contributed by atoms with Gasteiger partial charge in [0.1, 0.15) is 0 Å². The van der Waals surface area contributed by atoms with Gasteiger partial charge in [0.25, 0.3) is 0 Å². The van der Waals surface area contributed by atoms with Crippen LogP contribution >= 0.6 is 11.3 Å². The normalized spacial score (nSPS) is 12.4. The van der Waals surface area contributed by atoms with Gasteiger partial charge in [-0.2, -0.15) is 0 Å². The first-order valence-electron chi connectivity index (χ1n) is 6.46. The maximum Gasteiger partial charge on any atom is 0.0936 e. The van der Waals surface area contributed by atoms with Crippen LogP contribution in [0.1, 0.15) is 49.7 Å². The van der Waals surface area contributed by atoms with Crippen molar-refractivity contribution in [2.24, 2.45) is 5.41 Å². The summed E-state index contributed by atoms with van der Waals surface area (Å²) in [5.41, 5.74) is 1.53. The van der Waals surface area contributed by atoms with E-state index >= 15 is 0 Å². The largest absolute Gasteiger partial charge is 0.315 e. The number of aryl methyl sites for hydroxylation is 2. The number of hydrogen-bond acceptors (Lipinski definition) is 3. The van der Waals surface area contributed by atoms with Gasteiger partial charge in [-0.3, -0.25) is 0 Å². The average molecular weight is 254 g/mol. The van der Waals surface area contributed by atoms with Crippen molar-refractivity contribution in [3.8, 4) is 0 Å². The minimum atomic E-state index is 0.332. The average Bonchev–Trinajstić information content (AvgIpc) is 2.43. The maximum atomic E-state index is 4.64. The molecule has 0 spiro atoms. The fourth-order valence-corrected chi connectivity index (χ4v) is 3.00. The molecule has 0 fully saturated rings. The van der Waals surface area contributed by atoms with Crippen LogP contribution in [0.3, 0.4) is 0 Å². The van der Waals surface area contributed by atoms with E-state index in [9.17, 15) is 0 Å². The Hall–Kier alpha value is -0.410. The number of rotatable bonds is 6. The Bertz CT molecular complexity index is 334. The van der Waals surface area contributed by atoms with Gasteiger partial charge in [-0.25, -0.2) is 4.98 Å². The smallest absolute Gasteiger partial charge is 0.0936 e. The zero-order chi connectivity index (χ0) is 13.1. The highest BCUT2D eigenvalue weighted by Gasteiger charge is 2.20. The molecule has 0 radical (unpaired) electrons. The Balaban J connectivity index is 2.48. The molecule has 2 nitrogen and oxygen atoms in total. The molecule has 98 valence electrons. The highest BCUT2D eigenvalue weighted by Crippen LogP contribution is 2.28. The number of nitrogens with zero attached hydrogens (tertiary/aromatic N) is 1. The van der Waals surface area contributed by atoms with E-state index in [4.69, 9.17) is 0 Å². The molecule has 1 N–H and O–H groups in total.